The number of aliphatic hydroxyl groups excluding tert-OH is 2. The monoisotopic (exact) mass is 322 g/mol. The van der Waals surface area contributed by atoms with Gasteiger partial charge in [0.05, 0.1) is 13.2 Å². The first-order valence-corrected chi connectivity index (χ1v) is 7.15. The van der Waals surface area contributed by atoms with E-state index in [2.05, 4.69) is 4.79 Å². The molecule has 0 saturated carbocycles. The van der Waals surface area contributed by atoms with Crippen LogP contribution in [0.3, 0.4) is 0 Å². The second-order valence-corrected chi connectivity index (χ2v) is 4.89. The number of ether oxygens (including phenoxy) is 3. The molecule has 8 nitrogen and oxygen atoms in total. The predicted octanol–water partition coefficient (Wildman–Crippen LogP) is 0.0563. The van der Waals surface area contributed by atoms with Crippen molar-refractivity contribution >= 4 is 11.7 Å². The lowest BCUT2D eigenvalue weighted by molar-refractivity contribution is -0.271. The molecule has 0 bridgehead atoms. The highest BCUT2D eigenvalue weighted by atomic mass is 16.7. The zero-order valence-corrected chi connectivity index (χ0v) is 12.5. The van der Waals surface area contributed by atoms with Gasteiger partial charge in [0.2, 0.25) is 0 Å². The van der Waals surface area contributed by atoms with E-state index in [1.165, 1.54) is 0 Å². The Balaban J connectivity index is 2.16. The molecule has 1 aromatic rings. The van der Waals surface area contributed by atoms with E-state index in [1.807, 2.05) is 6.07 Å². The molecule has 8 heteroatoms. The van der Waals surface area contributed by atoms with Crippen LogP contribution in [0.25, 0.3) is 5.53 Å². The van der Waals surface area contributed by atoms with Gasteiger partial charge < -0.3 is 30.0 Å². The molecule has 2 rings (SSSR count). The van der Waals surface area contributed by atoms with Crippen LogP contribution in [0.5, 0.6) is 0 Å². The largest absolute Gasteiger partial charge is 0.457 e. The maximum absolute atomic E-state index is 11.7. The van der Waals surface area contributed by atoms with Crippen LogP contribution in [0, 0.1) is 0 Å². The minimum Gasteiger partial charge on any atom is -0.457 e. The Kier molecular flexibility index (Phi) is 5.97. The summed E-state index contributed by atoms with van der Waals surface area (Å²) in [4.78, 5) is 14.4. The maximum atomic E-state index is 11.7. The van der Waals surface area contributed by atoms with Gasteiger partial charge in [0.1, 0.15) is 12.2 Å². The maximum Gasteiger partial charge on any atom is 0.419 e. The summed E-state index contributed by atoms with van der Waals surface area (Å²) in [7, 11) is 0. The van der Waals surface area contributed by atoms with Crippen LogP contribution in [0.2, 0.25) is 0 Å². The van der Waals surface area contributed by atoms with Crippen molar-refractivity contribution in [1.29, 1.82) is 0 Å². The number of esters is 1. The van der Waals surface area contributed by atoms with E-state index in [4.69, 9.17) is 19.7 Å². The van der Waals surface area contributed by atoms with Gasteiger partial charge in [-0.15, -0.1) is 0 Å². The van der Waals surface area contributed by atoms with Gasteiger partial charge in [-0.05, 0) is 6.92 Å². The third kappa shape index (κ3) is 4.01. The Hall–Kier alpha value is -2.09. The molecular formula is C15H18N2O6. The number of aliphatic hydroxyl groups is 2. The molecule has 0 amide bonds. The first-order valence-electron chi connectivity index (χ1n) is 7.15. The van der Waals surface area contributed by atoms with Crippen molar-refractivity contribution in [2.45, 2.75) is 31.5 Å². The van der Waals surface area contributed by atoms with Crippen molar-refractivity contribution in [3.63, 3.8) is 0 Å². The molecule has 124 valence electrons. The molecule has 1 heterocycles. The molecule has 1 saturated heterocycles. The fourth-order valence-corrected chi connectivity index (χ4v) is 2.20. The third-order valence-corrected chi connectivity index (χ3v) is 3.33. The molecule has 4 atom stereocenters. The van der Waals surface area contributed by atoms with Crippen LogP contribution < -0.4 is 0 Å². The fourth-order valence-electron chi connectivity index (χ4n) is 2.20. The van der Waals surface area contributed by atoms with Crippen molar-refractivity contribution in [2.24, 2.45) is 0 Å². The van der Waals surface area contributed by atoms with Crippen molar-refractivity contribution in [2.75, 3.05) is 13.2 Å². The smallest absolute Gasteiger partial charge is 0.419 e. The summed E-state index contributed by atoms with van der Waals surface area (Å²) in [5.74, 6) is -0.985. The Labute approximate surface area is 132 Å². The number of carbonyl (C=O) groups is 1. The molecule has 0 unspecified atom stereocenters. The molecule has 1 fully saturated rings. The number of hydrogen-bond donors (Lipinski definition) is 2. The van der Waals surface area contributed by atoms with Crippen LogP contribution in [0.1, 0.15) is 18.8 Å². The zero-order chi connectivity index (χ0) is 16.8. The van der Waals surface area contributed by atoms with E-state index in [0.717, 1.165) is 0 Å². The lowest BCUT2D eigenvalue weighted by Crippen LogP contribution is -2.52. The fraction of sp³-hybridized carbons (Fsp3) is 0.467. The summed E-state index contributed by atoms with van der Waals surface area (Å²) in [5.41, 5.74) is 9.01. The first kappa shape index (κ1) is 17.3. The molecule has 0 radical (unpaired) electrons. The van der Waals surface area contributed by atoms with Gasteiger partial charge in [-0.25, -0.2) is 4.79 Å². The van der Waals surface area contributed by atoms with Gasteiger partial charge in [0.15, 0.2) is 12.4 Å². The summed E-state index contributed by atoms with van der Waals surface area (Å²) in [6.07, 6.45) is -4.88. The Morgan fingerprint density at radius 2 is 2.17 bits per heavy atom. The Morgan fingerprint density at radius 1 is 1.48 bits per heavy atom. The predicted molar refractivity (Wildman–Crippen MR) is 77.3 cm³/mol. The number of hydrogen-bond acceptors (Lipinski definition) is 6. The van der Waals surface area contributed by atoms with Crippen LogP contribution >= 0.6 is 0 Å². The molecule has 0 spiro atoms. The van der Waals surface area contributed by atoms with Crippen molar-refractivity contribution in [3.05, 3.63) is 41.4 Å². The second kappa shape index (κ2) is 7.96. The molecule has 2 N–H and O–H groups in total. The molecule has 0 aliphatic carbocycles. The quantitative estimate of drug-likeness (QED) is 0.342. The van der Waals surface area contributed by atoms with Gasteiger partial charge in [0.25, 0.3) is 0 Å². The summed E-state index contributed by atoms with van der Waals surface area (Å²) < 4.78 is 15.6. The average molecular weight is 322 g/mol. The number of nitrogens with zero attached hydrogens (tertiary/aromatic N) is 2. The standard InChI is InChI=1S/C15H18N2O6/c1-2-21-14(20)11(17-16)12(19)13-10(18)8-22-15(23-13)9-6-4-3-5-7-9/h3-7,10,12-13,15,18-19H,2,8H2,1H3/t10-,12-,13+,15+/m1/s1. The normalized spacial score (nSPS) is 25.3. The highest BCUT2D eigenvalue weighted by Crippen LogP contribution is 2.28. The number of benzene rings is 1. The molecule has 0 aromatic heterocycles. The minimum atomic E-state index is -1.66. The van der Waals surface area contributed by atoms with E-state index >= 15 is 0 Å². The van der Waals surface area contributed by atoms with Crippen LogP contribution in [-0.2, 0) is 19.0 Å². The average Bonchev–Trinajstić information content (AvgIpc) is 2.57. The van der Waals surface area contributed by atoms with E-state index in [1.54, 1.807) is 31.2 Å². The van der Waals surface area contributed by atoms with Gasteiger partial charge in [0, 0.05) is 5.56 Å². The van der Waals surface area contributed by atoms with Crippen molar-refractivity contribution in [3.8, 4) is 0 Å². The van der Waals surface area contributed by atoms with Gasteiger partial charge >= 0.3 is 11.7 Å². The third-order valence-electron chi connectivity index (χ3n) is 3.33. The number of rotatable bonds is 5. The summed E-state index contributed by atoms with van der Waals surface area (Å²) in [6, 6.07) is 8.93. The van der Waals surface area contributed by atoms with Crippen molar-refractivity contribution < 1.29 is 34.0 Å². The lowest BCUT2D eigenvalue weighted by Gasteiger charge is -2.35. The Bertz CT molecular complexity index is 587. The van der Waals surface area contributed by atoms with E-state index in [0.29, 0.717) is 5.56 Å². The number of carbonyl (C=O) groups excluding carboxylic acids is 1. The summed E-state index contributed by atoms with van der Waals surface area (Å²) in [5, 5.41) is 20.2. The van der Waals surface area contributed by atoms with E-state index in [9.17, 15) is 15.0 Å². The van der Waals surface area contributed by atoms with Crippen LogP contribution in [-0.4, -0.2) is 58.2 Å². The second-order valence-electron chi connectivity index (χ2n) is 4.89. The first-order chi connectivity index (χ1) is 11.1. The zero-order valence-electron chi connectivity index (χ0n) is 12.5. The van der Waals surface area contributed by atoms with Gasteiger partial charge in [-0.1, -0.05) is 30.3 Å². The lowest BCUT2D eigenvalue weighted by atomic mass is 10.0. The highest BCUT2D eigenvalue weighted by Gasteiger charge is 2.45. The van der Waals surface area contributed by atoms with E-state index in [-0.39, 0.29) is 13.2 Å². The van der Waals surface area contributed by atoms with Gasteiger partial charge in [-0.3, -0.25) is 0 Å². The minimum absolute atomic E-state index is 0.0500. The van der Waals surface area contributed by atoms with Crippen molar-refractivity contribution in [1.82, 2.24) is 0 Å². The molecule has 23 heavy (non-hydrogen) atoms. The highest BCUT2D eigenvalue weighted by molar-refractivity contribution is 6.35. The molecule has 1 aliphatic rings. The molecule has 1 aromatic carbocycles. The topological polar surface area (TPSA) is 122 Å². The SMILES string of the molecule is CCOC(=O)C(=[N+]=[N-])[C@@H](O)[C@H]1O[C@@H](c2ccccc2)OC[C@H]1O. The van der Waals surface area contributed by atoms with Crippen LogP contribution in [0.4, 0.5) is 0 Å². The summed E-state index contributed by atoms with van der Waals surface area (Å²) >= 11 is 0. The van der Waals surface area contributed by atoms with Crippen LogP contribution in [0.15, 0.2) is 30.3 Å². The van der Waals surface area contributed by atoms with E-state index < -0.39 is 36.3 Å². The molecular weight excluding hydrogens is 304 g/mol. The Morgan fingerprint density at radius 3 is 2.78 bits per heavy atom. The molecule has 1 aliphatic heterocycles. The van der Waals surface area contributed by atoms with Gasteiger partial charge in [-0.2, -0.15) is 4.79 Å². The summed E-state index contributed by atoms with van der Waals surface area (Å²) in [6.45, 7) is 1.52.